The maximum absolute atomic E-state index is 12.4. The normalized spacial score (nSPS) is 15.5. The van der Waals surface area contributed by atoms with Gasteiger partial charge in [-0.25, -0.2) is 0 Å². The van der Waals surface area contributed by atoms with Crippen molar-refractivity contribution in [2.24, 2.45) is 0 Å². The number of amides is 1. The van der Waals surface area contributed by atoms with E-state index in [9.17, 15) is 4.79 Å². The van der Waals surface area contributed by atoms with Crippen LogP contribution in [0.5, 0.6) is 0 Å². The van der Waals surface area contributed by atoms with Gasteiger partial charge in [-0.3, -0.25) is 9.69 Å². The molecule has 1 saturated heterocycles. The molecule has 2 aromatic rings. The van der Waals surface area contributed by atoms with Crippen molar-refractivity contribution in [3.63, 3.8) is 0 Å². The Kier molecular flexibility index (Phi) is 5.32. The number of nitrogens with zero attached hydrogens (tertiary/aromatic N) is 3. The second-order valence-electron chi connectivity index (χ2n) is 5.53. The molecular formula is C16H20N4O2S. The first-order chi connectivity index (χ1) is 11.2. The van der Waals surface area contributed by atoms with E-state index in [2.05, 4.69) is 19.8 Å². The SMILES string of the molecule is Cc1ccc(-c2nnsc2C(=O)NCCN2CCOCC2)cc1. The number of morpholine rings is 1. The van der Waals surface area contributed by atoms with Crippen molar-refractivity contribution in [2.75, 3.05) is 39.4 Å². The quantitative estimate of drug-likeness (QED) is 0.900. The molecule has 0 atom stereocenters. The molecule has 0 unspecified atom stereocenters. The third-order valence-corrected chi connectivity index (χ3v) is 4.56. The van der Waals surface area contributed by atoms with Gasteiger partial charge in [0, 0.05) is 31.7 Å². The highest BCUT2D eigenvalue weighted by Crippen LogP contribution is 2.24. The van der Waals surface area contributed by atoms with Crippen molar-refractivity contribution in [2.45, 2.75) is 6.92 Å². The zero-order chi connectivity index (χ0) is 16.1. The molecule has 1 N–H and O–H groups in total. The molecule has 1 aromatic heterocycles. The molecule has 1 aliphatic heterocycles. The van der Waals surface area contributed by atoms with E-state index in [1.165, 1.54) is 5.56 Å². The third-order valence-electron chi connectivity index (χ3n) is 3.84. The van der Waals surface area contributed by atoms with E-state index in [0.717, 1.165) is 49.9 Å². The summed E-state index contributed by atoms with van der Waals surface area (Å²) >= 11 is 1.14. The molecule has 23 heavy (non-hydrogen) atoms. The minimum atomic E-state index is -0.108. The predicted octanol–water partition coefficient (Wildman–Crippen LogP) is 1.58. The van der Waals surface area contributed by atoms with Gasteiger partial charge in [0.05, 0.1) is 13.2 Å². The van der Waals surface area contributed by atoms with E-state index >= 15 is 0 Å². The lowest BCUT2D eigenvalue weighted by Crippen LogP contribution is -2.41. The van der Waals surface area contributed by atoms with E-state index < -0.39 is 0 Å². The summed E-state index contributed by atoms with van der Waals surface area (Å²) in [5.41, 5.74) is 2.75. The molecule has 7 heteroatoms. The zero-order valence-corrected chi connectivity index (χ0v) is 13.9. The van der Waals surface area contributed by atoms with Crippen molar-refractivity contribution >= 4 is 17.4 Å². The summed E-state index contributed by atoms with van der Waals surface area (Å²) in [6, 6.07) is 7.96. The molecule has 1 aromatic carbocycles. The molecule has 0 radical (unpaired) electrons. The van der Waals surface area contributed by atoms with Crippen LogP contribution in [0.15, 0.2) is 24.3 Å². The summed E-state index contributed by atoms with van der Waals surface area (Å²) < 4.78 is 9.26. The molecule has 0 aliphatic carbocycles. The van der Waals surface area contributed by atoms with Gasteiger partial charge in [-0.05, 0) is 18.5 Å². The summed E-state index contributed by atoms with van der Waals surface area (Å²) in [5, 5.41) is 7.08. The van der Waals surface area contributed by atoms with Crippen molar-refractivity contribution in [1.29, 1.82) is 0 Å². The zero-order valence-electron chi connectivity index (χ0n) is 13.1. The first kappa shape index (κ1) is 16.0. The molecule has 1 amide bonds. The lowest BCUT2D eigenvalue weighted by atomic mass is 10.1. The van der Waals surface area contributed by atoms with Gasteiger partial charge in [0.15, 0.2) is 0 Å². The molecule has 1 aliphatic rings. The number of ether oxygens (including phenoxy) is 1. The number of hydrogen-bond acceptors (Lipinski definition) is 6. The Bertz CT molecular complexity index is 650. The van der Waals surface area contributed by atoms with Crippen LogP contribution in [0.25, 0.3) is 11.3 Å². The van der Waals surface area contributed by atoms with Gasteiger partial charge >= 0.3 is 0 Å². The summed E-state index contributed by atoms with van der Waals surface area (Å²) in [6.07, 6.45) is 0. The largest absolute Gasteiger partial charge is 0.379 e. The number of carbonyl (C=O) groups excluding carboxylic acids is 1. The Morgan fingerprint density at radius 2 is 2.04 bits per heavy atom. The highest BCUT2D eigenvalue weighted by molar-refractivity contribution is 7.08. The fourth-order valence-electron chi connectivity index (χ4n) is 2.47. The maximum Gasteiger partial charge on any atom is 0.265 e. The second kappa shape index (κ2) is 7.63. The molecule has 0 bridgehead atoms. The fourth-order valence-corrected chi connectivity index (χ4v) is 3.08. The van der Waals surface area contributed by atoms with E-state index in [1.807, 2.05) is 31.2 Å². The van der Waals surface area contributed by atoms with Gasteiger partial charge in [0.1, 0.15) is 10.6 Å². The minimum absolute atomic E-state index is 0.108. The number of nitrogens with one attached hydrogen (secondary N) is 1. The van der Waals surface area contributed by atoms with E-state index in [0.29, 0.717) is 17.1 Å². The number of hydrogen-bond donors (Lipinski definition) is 1. The van der Waals surface area contributed by atoms with Crippen molar-refractivity contribution < 1.29 is 9.53 Å². The van der Waals surface area contributed by atoms with Gasteiger partial charge in [0.25, 0.3) is 5.91 Å². The first-order valence-electron chi connectivity index (χ1n) is 7.72. The maximum atomic E-state index is 12.4. The molecule has 122 valence electrons. The molecule has 0 spiro atoms. The highest BCUT2D eigenvalue weighted by atomic mass is 32.1. The number of rotatable bonds is 5. The molecule has 2 heterocycles. The summed E-state index contributed by atoms with van der Waals surface area (Å²) in [7, 11) is 0. The van der Waals surface area contributed by atoms with Crippen molar-refractivity contribution in [3.8, 4) is 11.3 Å². The summed E-state index contributed by atoms with van der Waals surface area (Å²) in [6.45, 7) is 6.86. The highest BCUT2D eigenvalue weighted by Gasteiger charge is 2.18. The lowest BCUT2D eigenvalue weighted by molar-refractivity contribution is 0.0383. The van der Waals surface area contributed by atoms with E-state index in [1.54, 1.807) is 0 Å². The van der Waals surface area contributed by atoms with Crippen molar-refractivity contribution in [1.82, 2.24) is 19.8 Å². The van der Waals surface area contributed by atoms with Crippen LogP contribution >= 0.6 is 11.5 Å². The van der Waals surface area contributed by atoms with Crippen LogP contribution in [0.2, 0.25) is 0 Å². The summed E-state index contributed by atoms with van der Waals surface area (Å²) in [5.74, 6) is -0.108. The predicted molar refractivity (Wildman–Crippen MR) is 89.7 cm³/mol. The molecule has 3 rings (SSSR count). The van der Waals surface area contributed by atoms with Crippen LogP contribution in [0.4, 0.5) is 0 Å². The van der Waals surface area contributed by atoms with E-state index in [4.69, 9.17) is 4.74 Å². The first-order valence-corrected chi connectivity index (χ1v) is 8.49. The van der Waals surface area contributed by atoms with Crippen LogP contribution in [0.1, 0.15) is 15.2 Å². The molecule has 6 nitrogen and oxygen atoms in total. The van der Waals surface area contributed by atoms with Crippen LogP contribution in [0.3, 0.4) is 0 Å². The Morgan fingerprint density at radius 1 is 1.30 bits per heavy atom. The molecule has 0 saturated carbocycles. The average molecular weight is 332 g/mol. The van der Waals surface area contributed by atoms with Gasteiger partial charge < -0.3 is 10.1 Å². The van der Waals surface area contributed by atoms with Crippen LogP contribution in [-0.4, -0.2) is 59.8 Å². The van der Waals surface area contributed by atoms with Gasteiger partial charge in [-0.15, -0.1) is 5.10 Å². The lowest BCUT2D eigenvalue weighted by Gasteiger charge is -2.26. The fraction of sp³-hybridized carbons (Fsp3) is 0.438. The Morgan fingerprint density at radius 3 is 2.78 bits per heavy atom. The average Bonchev–Trinajstić information content (AvgIpc) is 3.06. The second-order valence-corrected chi connectivity index (χ2v) is 6.28. The van der Waals surface area contributed by atoms with Crippen LogP contribution in [0, 0.1) is 6.92 Å². The topological polar surface area (TPSA) is 67.4 Å². The van der Waals surface area contributed by atoms with Crippen LogP contribution < -0.4 is 5.32 Å². The standard InChI is InChI=1S/C16H20N4O2S/c1-12-2-4-13(5-3-12)14-15(23-19-18-14)16(21)17-6-7-20-8-10-22-11-9-20/h2-5H,6-11H2,1H3,(H,17,21). The Hall–Kier alpha value is -1.83. The third kappa shape index (κ3) is 4.13. The Balaban J connectivity index is 1.59. The summed E-state index contributed by atoms with van der Waals surface area (Å²) in [4.78, 5) is 15.2. The monoisotopic (exact) mass is 332 g/mol. The number of aryl methyl sites for hydroxylation is 1. The minimum Gasteiger partial charge on any atom is -0.379 e. The van der Waals surface area contributed by atoms with Gasteiger partial charge in [-0.2, -0.15) is 0 Å². The molecular weight excluding hydrogens is 312 g/mol. The van der Waals surface area contributed by atoms with Gasteiger partial charge in [-0.1, -0.05) is 34.3 Å². The molecule has 1 fully saturated rings. The Labute approximate surface area is 139 Å². The van der Waals surface area contributed by atoms with Crippen LogP contribution in [-0.2, 0) is 4.74 Å². The number of carbonyl (C=O) groups is 1. The smallest absolute Gasteiger partial charge is 0.265 e. The number of benzene rings is 1. The van der Waals surface area contributed by atoms with Gasteiger partial charge in [0.2, 0.25) is 0 Å². The number of aromatic nitrogens is 2. The van der Waals surface area contributed by atoms with Crippen molar-refractivity contribution in [3.05, 3.63) is 34.7 Å². The van der Waals surface area contributed by atoms with E-state index in [-0.39, 0.29) is 5.91 Å².